The molecule has 2 aromatic carbocycles. The van der Waals surface area contributed by atoms with E-state index in [2.05, 4.69) is 26.9 Å². The Morgan fingerprint density at radius 2 is 1.66 bits per heavy atom. The van der Waals surface area contributed by atoms with Crippen LogP contribution in [0.4, 0.5) is 5.69 Å². The van der Waals surface area contributed by atoms with Crippen molar-refractivity contribution in [3.05, 3.63) is 65.1 Å². The molecule has 0 atom stereocenters. The number of anilines is 1. The number of hydrogen-bond acceptors (Lipinski definition) is 6. The summed E-state index contributed by atoms with van der Waals surface area (Å²) in [6.45, 7) is 4.45. The molecule has 3 aromatic rings. The van der Waals surface area contributed by atoms with Crippen LogP contribution in [0.1, 0.15) is 38.5 Å². The second-order valence-electron chi connectivity index (χ2n) is 10.3. The normalized spacial score (nSPS) is 17.6. The van der Waals surface area contributed by atoms with Crippen LogP contribution in [-0.2, 0) is 20.9 Å². The largest absolute Gasteiger partial charge is 0.469 e. The number of imidazole rings is 1. The van der Waals surface area contributed by atoms with Gasteiger partial charge in [-0.25, -0.2) is 4.79 Å². The average molecular weight is 520 g/mol. The molecule has 2 saturated heterocycles. The quantitative estimate of drug-likeness (QED) is 0.327. The van der Waals surface area contributed by atoms with Crippen LogP contribution in [0, 0.1) is 0 Å². The molecule has 5 rings (SSSR count). The number of likely N-dealkylation sites (tertiary alicyclic amines) is 1. The van der Waals surface area contributed by atoms with E-state index >= 15 is 0 Å². The number of para-hydroxylation sites is 3. The summed E-state index contributed by atoms with van der Waals surface area (Å²) in [5.74, 6) is -0.00788. The molecule has 1 spiro atoms. The molecule has 9 heteroatoms. The van der Waals surface area contributed by atoms with Crippen molar-refractivity contribution in [1.29, 1.82) is 0 Å². The molecule has 38 heavy (non-hydrogen) atoms. The summed E-state index contributed by atoms with van der Waals surface area (Å²) in [5.41, 5.74) is 2.29. The van der Waals surface area contributed by atoms with E-state index in [9.17, 15) is 14.4 Å². The van der Waals surface area contributed by atoms with Gasteiger partial charge in [-0.3, -0.25) is 14.2 Å². The number of aromatic nitrogens is 2. The summed E-state index contributed by atoms with van der Waals surface area (Å²) < 4.78 is 6.56. The van der Waals surface area contributed by atoms with Gasteiger partial charge in [0, 0.05) is 38.3 Å². The van der Waals surface area contributed by atoms with Crippen LogP contribution in [0.3, 0.4) is 0 Å². The van der Waals surface area contributed by atoms with Gasteiger partial charge in [-0.1, -0.05) is 30.3 Å². The van der Waals surface area contributed by atoms with Crippen molar-refractivity contribution >= 4 is 28.6 Å². The molecule has 2 aliphatic rings. The number of methoxy groups -OCH3 is 1. The van der Waals surface area contributed by atoms with Crippen LogP contribution >= 0.6 is 0 Å². The maximum Gasteiger partial charge on any atom is 0.326 e. The van der Waals surface area contributed by atoms with Crippen LogP contribution in [0.15, 0.2) is 59.4 Å². The highest BCUT2D eigenvalue weighted by Crippen LogP contribution is 2.39. The van der Waals surface area contributed by atoms with Gasteiger partial charge in [0.15, 0.2) is 0 Å². The Bertz CT molecular complexity index is 1310. The number of carbonyl (C=O) groups excluding carboxylic acids is 2. The molecule has 1 aromatic heterocycles. The summed E-state index contributed by atoms with van der Waals surface area (Å²) in [5, 5.41) is 0. The number of H-pyrrole nitrogens is 1. The number of hydrogen-bond donors (Lipinski definition) is 1. The Kier molecular flexibility index (Phi) is 7.83. The van der Waals surface area contributed by atoms with Crippen LogP contribution in [0.5, 0.6) is 0 Å². The molecule has 0 saturated carbocycles. The highest BCUT2D eigenvalue weighted by molar-refractivity contribution is 5.93. The molecule has 2 fully saturated rings. The third-order valence-electron chi connectivity index (χ3n) is 8.09. The number of piperidine rings is 1. The van der Waals surface area contributed by atoms with Crippen molar-refractivity contribution in [2.75, 3.05) is 44.9 Å². The number of amides is 1. The molecule has 0 aliphatic carbocycles. The highest BCUT2D eigenvalue weighted by Gasteiger charge is 2.53. The SMILES string of the molecule is COC(=O)CCCCN1CN(c2ccccc2)C2(CCN(CCCn3c(=O)[nH]c4ccccc43)CC2)C1=O. The molecular formula is C29H37N5O4. The second kappa shape index (κ2) is 11.4. The lowest BCUT2D eigenvalue weighted by Crippen LogP contribution is -2.56. The topological polar surface area (TPSA) is 90.9 Å². The number of aryl methyl sites for hydroxylation is 1. The van der Waals surface area contributed by atoms with Gasteiger partial charge < -0.3 is 24.4 Å². The first-order valence-corrected chi connectivity index (χ1v) is 13.6. The van der Waals surface area contributed by atoms with Crippen LogP contribution in [-0.4, -0.2) is 76.7 Å². The number of rotatable bonds is 10. The van der Waals surface area contributed by atoms with E-state index < -0.39 is 5.54 Å². The fraction of sp³-hybridized carbons (Fsp3) is 0.483. The smallest absolute Gasteiger partial charge is 0.326 e. The lowest BCUT2D eigenvalue weighted by molar-refractivity contribution is -0.140. The standard InChI is InChI=1S/C29H37N5O4/c1-38-26(35)14-7-8-18-32-22-34(23-10-3-2-4-11-23)29(27(32)36)15-20-31(21-16-29)17-9-19-33-25-13-6-5-12-24(25)30-28(33)37/h2-6,10-13H,7-9,14-22H2,1H3,(H,30,37). The monoisotopic (exact) mass is 519 g/mol. The van der Waals surface area contributed by atoms with E-state index in [0.717, 1.165) is 62.0 Å². The Morgan fingerprint density at radius 3 is 2.42 bits per heavy atom. The van der Waals surface area contributed by atoms with Crippen LogP contribution in [0.25, 0.3) is 11.0 Å². The van der Waals surface area contributed by atoms with Gasteiger partial charge in [0.25, 0.3) is 0 Å². The Hall–Kier alpha value is -3.59. The molecule has 0 unspecified atom stereocenters. The Morgan fingerprint density at radius 1 is 0.921 bits per heavy atom. The number of esters is 1. The van der Waals surface area contributed by atoms with E-state index in [4.69, 9.17) is 4.74 Å². The predicted molar refractivity (Wildman–Crippen MR) is 147 cm³/mol. The van der Waals surface area contributed by atoms with E-state index in [1.165, 1.54) is 7.11 Å². The zero-order valence-corrected chi connectivity index (χ0v) is 22.1. The zero-order chi connectivity index (χ0) is 26.5. The summed E-state index contributed by atoms with van der Waals surface area (Å²) in [7, 11) is 1.41. The summed E-state index contributed by atoms with van der Waals surface area (Å²) in [4.78, 5) is 47.3. The molecule has 1 amide bonds. The number of aromatic amines is 1. The number of benzene rings is 2. The van der Waals surface area contributed by atoms with E-state index in [0.29, 0.717) is 32.6 Å². The maximum absolute atomic E-state index is 13.8. The number of fused-ring (bicyclic) bond motifs is 1. The predicted octanol–water partition coefficient (Wildman–Crippen LogP) is 3.20. The summed E-state index contributed by atoms with van der Waals surface area (Å²) in [6.07, 6.45) is 4.28. The van der Waals surface area contributed by atoms with E-state index in [1.54, 1.807) is 0 Å². The van der Waals surface area contributed by atoms with Gasteiger partial charge in [-0.2, -0.15) is 0 Å². The lowest BCUT2D eigenvalue weighted by Gasteiger charge is -2.43. The number of nitrogens with one attached hydrogen (secondary N) is 1. The first kappa shape index (κ1) is 26.0. The molecular weight excluding hydrogens is 482 g/mol. The van der Waals surface area contributed by atoms with Gasteiger partial charge in [0.1, 0.15) is 5.54 Å². The molecule has 0 radical (unpaired) electrons. The van der Waals surface area contributed by atoms with Crippen molar-refractivity contribution in [1.82, 2.24) is 19.4 Å². The zero-order valence-electron chi connectivity index (χ0n) is 22.1. The minimum atomic E-state index is -0.534. The van der Waals surface area contributed by atoms with Gasteiger partial charge in [0.2, 0.25) is 5.91 Å². The lowest BCUT2D eigenvalue weighted by atomic mass is 9.85. The molecule has 0 bridgehead atoms. The first-order chi connectivity index (χ1) is 18.5. The van der Waals surface area contributed by atoms with E-state index in [1.807, 2.05) is 51.9 Å². The van der Waals surface area contributed by atoms with Crippen molar-refractivity contribution in [3.63, 3.8) is 0 Å². The summed E-state index contributed by atoms with van der Waals surface area (Å²) in [6, 6.07) is 18.0. The van der Waals surface area contributed by atoms with Gasteiger partial charge in [-0.15, -0.1) is 0 Å². The first-order valence-electron chi connectivity index (χ1n) is 13.6. The summed E-state index contributed by atoms with van der Waals surface area (Å²) >= 11 is 0. The number of unbranched alkanes of at least 4 members (excludes halogenated alkanes) is 1. The third-order valence-corrected chi connectivity index (χ3v) is 8.09. The van der Waals surface area contributed by atoms with Gasteiger partial charge >= 0.3 is 11.7 Å². The highest BCUT2D eigenvalue weighted by atomic mass is 16.5. The van der Waals surface area contributed by atoms with Gasteiger partial charge in [0.05, 0.1) is 24.8 Å². The Balaban J connectivity index is 1.21. The molecule has 3 heterocycles. The fourth-order valence-electron chi connectivity index (χ4n) is 5.97. The number of ether oxygens (including phenoxy) is 1. The van der Waals surface area contributed by atoms with Crippen LogP contribution < -0.4 is 10.6 Å². The Labute approximate surface area is 223 Å². The van der Waals surface area contributed by atoms with Crippen molar-refractivity contribution in [2.45, 2.75) is 50.6 Å². The second-order valence-corrected chi connectivity index (χ2v) is 10.3. The van der Waals surface area contributed by atoms with Crippen molar-refractivity contribution < 1.29 is 14.3 Å². The minimum Gasteiger partial charge on any atom is -0.469 e. The maximum atomic E-state index is 13.8. The van der Waals surface area contributed by atoms with E-state index in [-0.39, 0.29) is 17.6 Å². The molecule has 2 aliphatic heterocycles. The molecule has 1 N–H and O–H groups in total. The minimum absolute atomic E-state index is 0.0643. The average Bonchev–Trinajstić information content (AvgIpc) is 3.41. The third kappa shape index (κ3) is 5.20. The van der Waals surface area contributed by atoms with Crippen molar-refractivity contribution in [2.24, 2.45) is 0 Å². The number of nitrogens with zero attached hydrogens (tertiary/aromatic N) is 4. The fourth-order valence-corrected chi connectivity index (χ4v) is 5.97. The van der Waals surface area contributed by atoms with Gasteiger partial charge in [-0.05, 0) is 62.9 Å². The number of carbonyl (C=O) groups is 2. The van der Waals surface area contributed by atoms with Crippen molar-refractivity contribution in [3.8, 4) is 0 Å². The molecule has 9 nitrogen and oxygen atoms in total. The van der Waals surface area contributed by atoms with Crippen LogP contribution in [0.2, 0.25) is 0 Å². The molecule has 202 valence electrons.